The first-order chi connectivity index (χ1) is 10.3. The van der Waals surface area contributed by atoms with Crippen LogP contribution in [0.1, 0.15) is 32.8 Å². The first kappa shape index (κ1) is 18.0. The van der Waals surface area contributed by atoms with Crippen molar-refractivity contribution in [3.63, 3.8) is 0 Å². The van der Waals surface area contributed by atoms with Gasteiger partial charge in [0.1, 0.15) is 17.2 Å². The van der Waals surface area contributed by atoms with Crippen LogP contribution in [0.25, 0.3) is 0 Å². The molecule has 0 heterocycles. The van der Waals surface area contributed by atoms with Crippen molar-refractivity contribution in [2.75, 3.05) is 20.2 Å². The lowest BCUT2D eigenvalue weighted by Gasteiger charge is -2.19. The highest BCUT2D eigenvalue weighted by molar-refractivity contribution is 6.04. The van der Waals surface area contributed by atoms with Crippen LogP contribution in [0.2, 0.25) is 0 Å². The molecule has 0 aliphatic rings. The SMILES string of the molecule is CNCCCOc1ccc(C(=N)NC(=O)OC(C)(C)C)cc1. The Labute approximate surface area is 131 Å². The minimum atomic E-state index is -0.634. The Morgan fingerprint density at radius 2 is 1.86 bits per heavy atom. The molecule has 6 heteroatoms. The average Bonchev–Trinajstić information content (AvgIpc) is 2.42. The molecule has 0 spiro atoms. The van der Waals surface area contributed by atoms with E-state index in [1.54, 1.807) is 45.0 Å². The molecule has 1 aromatic carbocycles. The summed E-state index contributed by atoms with van der Waals surface area (Å²) < 4.78 is 10.7. The molecule has 122 valence electrons. The standard InChI is InChI=1S/C16H25N3O3/c1-16(2,3)22-15(20)19-14(17)12-6-8-13(9-7-12)21-11-5-10-18-4/h6-9,18H,5,10-11H2,1-4H3,(H2,17,19,20). The molecule has 0 fully saturated rings. The number of hydrogen-bond donors (Lipinski definition) is 3. The molecule has 0 atom stereocenters. The summed E-state index contributed by atoms with van der Waals surface area (Å²) in [7, 11) is 1.90. The second kappa shape index (κ2) is 8.38. The molecule has 0 radical (unpaired) electrons. The zero-order valence-corrected chi connectivity index (χ0v) is 13.7. The van der Waals surface area contributed by atoms with Crippen LogP contribution in [0.5, 0.6) is 5.75 Å². The van der Waals surface area contributed by atoms with Crippen LogP contribution in [-0.4, -0.2) is 37.7 Å². The number of nitrogens with one attached hydrogen (secondary N) is 3. The molecule has 0 saturated heterocycles. The number of alkyl carbamates (subject to hydrolysis) is 1. The van der Waals surface area contributed by atoms with Crippen molar-refractivity contribution in [2.45, 2.75) is 32.8 Å². The van der Waals surface area contributed by atoms with E-state index in [1.165, 1.54) is 0 Å². The molecule has 1 amide bonds. The van der Waals surface area contributed by atoms with E-state index < -0.39 is 11.7 Å². The van der Waals surface area contributed by atoms with E-state index in [0.29, 0.717) is 12.2 Å². The van der Waals surface area contributed by atoms with Gasteiger partial charge in [0.25, 0.3) is 0 Å². The maximum Gasteiger partial charge on any atom is 0.413 e. The van der Waals surface area contributed by atoms with E-state index in [9.17, 15) is 4.79 Å². The molecular weight excluding hydrogens is 282 g/mol. The average molecular weight is 307 g/mol. The molecule has 1 aromatic rings. The monoisotopic (exact) mass is 307 g/mol. The van der Waals surface area contributed by atoms with Crippen LogP contribution in [-0.2, 0) is 4.74 Å². The Kier molecular flexibility index (Phi) is 6.85. The lowest BCUT2D eigenvalue weighted by Crippen LogP contribution is -2.36. The van der Waals surface area contributed by atoms with Crippen molar-refractivity contribution in [3.8, 4) is 5.75 Å². The number of carbonyl (C=O) groups is 1. The second-order valence-corrected chi connectivity index (χ2v) is 5.83. The van der Waals surface area contributed by atoms with Crippen LogP contribution < -0.4 is 15.4 Å². The number of amides is 1. The highest BCUT2D eigenvalue weighted by Crippen LogP contribution is 2.13. The Balaban J connectivity index is 2.48. The molecule has 22 heavy (non-hydrogen) atoms. The number of carbonyl (C=O) groups excluding carboxylic acids is 1. The van der Waals surface area contributed by atoms with Crippen LogP contribution in [0, 0.1) is 5.41 Å². The van der Waals surface area contributed by atoms with Gasteiger partial charge in [-0.05, 0) is 65.0 Å². The first-order valence-corrected chi connectivity index (χ1v) is 7.28. The topological polar surface area (TPSA) is 83.4 Å². The van der Waals surface area contributed by atoms with Crippen molar-refractivity contribution in [1.29, 1.82) is 5.41 Å². The van der Waals surface area contributed by atoms with Gasteiger partial charge in [-0.1, -0.05) is 0 Å². The Hall–Kier alpha value is -2.08. The Morgan fingerprint density at radius 3 is 2.41 bits per heavy atom. The van der Waals surface area contributed by atoms with Crippen LogP contribution in [0.15, 0.2) is 24.3 Å². The van der Waals surface area contributed by atoms with E-state index in [1.807, 2.05) is 7.05 Å². The van der Waals surface area contributed by atoms with Crippen LogP contribution >= 0.6 is 0 Å². The summed E-state index contributed by atoms with van der Waals surface area (Å²) in [5, 5.41) is 13.3. The van der Waals surface area contributed by atoms with Gasteiger partial charge in [0, 0.05) is 5.56 Å². The number of hydrogen-bond acceptors (Lipinski definition) is 5. The fourth-order valence-corrected chi connectivity index (χ4v) is 1.63. The van der Waals surface area contributed by atoms with Gasteiger partial charge in [0.15, 0.2) is 0 Å². The Morgan fingerprint density at radius 1 is 1.23 bits per heavy atom. The zero-order chi connectivity index (χ0) is 16.6. The molecule has 1 rings (SSSR count). The quantitative estimate of drug-likeness (QED) is 0.428. The third-order valence-corrected chi connectivity index (χ3v) is 2.61. The van der Waals surface area contributed by atoms with Gasteiger partial charge in [0.2, 0.25) is 0 Å². The fourth-order valence-electron chi connectivity index (χ4n) is 1.63. The lowest BCUT2D eigenvalue weighted by molar-refractivity contribution is 0.0563. The number of benzene rings is 1. The highest BCUT2D eigenvalue weighted by Gasteiger charge is 2.17. The highest BCUT2D eigenvalue weighted by atomic mass is 16.6. The Bertz CT molecular complexity index is 492. The molecule has 6 nitrogen and oxygen atoms in total. The predicted octanol–water partition coefficient (Wildman–Crippen LogP) is 2.52. The van der Waals surface area contributed by atoms with Gasteiger partial charge >= 0.3 is 6.09 Å². The molecule has 0 unspecified atom stereocenters. The van der Waals surface area contributed by atoms with E-state index >= 15 is 0 Å². The fraction of sp³-hybridized carbons (Fsp3) is 0.500. The smallest absolute Gasteiger partial charge is 0.413 e. The predicted molar refractivity (Wildman–Crippen MR) is 86.7 cm³/mol. The first-order valence-electron chi connectivity index (χ1n) is 7.28. The molecule has 0 saturated carbocycles. The normalized spacial score (nSPS) is 10.9. The summed E-state index contributed by atoms with van der Waals surface area (Å²) in [5.74, 6) is 0.737. The zero-order valence-electron chi connectivity index (χ0n) is 13.7. The number of amidine groups is 1. The van der Waals surface area contributed by atoms with E-state index in [4.69, 9.17) is 14.9 Å². The third kappa shape index (κ3) is 7.08. The molecule has 0 aliphatic carbocycles. The molecule has 3 N–H and O–H groups in total. The number of ether oxygens (including phenoxy) is 2. The van der Waals surface area contributed by atoms with Gasteiger partial charge in [-0.15, -0.1) is 0 Å². The number of rotatable bonds is 6. The van der Waals surface area contributed by atoms with Crippen molar-refractivity contribution in [2.24, 2.45) is 0 Å². The summed E-state index contributed by atoms with van der Waals surface area (Å²) in [4.78, 5) is 11.6. The van der Waals surface area contributed by atoms with Crippen molar-refractivity contribution in [3.05, 3.63) is 29.8 Å². The minimum Gasteiger partial charge on any atom is -0.494 e. The van der Waals surface area contributed by atoms with Gasteiger partial charge in [-0.3, -0.25) is 10.7 Å². The van der Waals surface area contributed by atoms with E-state index in [2.05, 4.69) is 10.6 Å². The van der Waals surface area contributed by atoms with Gasteiger partial charge in [-0.2, -0.15) is 0 Å². The molecule has 0 bridgehead atoms. The largest absolute Gasteiger partial charge is 0.494 e. The summed E-state index contributed by atoms with van der Waals surface area (Å²) in [6.07, 6.45) is 0.291. The summed E-state index contributed by atoms with van der Waals surface area (Å²) >= 11 is 0. The summed E-state index contributed by atoms with van der Waals surface area (Å²) in [6, 6.07) is 7.01. The van der Waals surface area contributed by atoms with Gasteiger partial charge < -0.3 is 14.8 Å². The summed E-state index contributed by atoms with van der Waals surface area (Å²) in [5.41, 5.74) is 0.00325. The second-order valence-electron chi connectivity index (χ2n) is 5.83. The molecular formula is C16H25N3O3. The maximum absolute atomic E-state index is 11.6. The van der Waals surface area contributed by atoms with Crippen LogP contribution in [0.4, 0.5) is 4.79 Å². The molecule has 0 aromatic heterocycles. The maximum atomic E-state index is 11.6. The lowest BCUT2D eigenvalue weighted by atomic mass is 10.2. The van der Waals surface area contributed by atoms with Crippen LogP contribution in [0.3, 0.4) is 0 Å². The van der Waals surface area contributed by atoms with E-state index in [-0.39, 0.29) is 5.84 Å². The van der Waals surface area contributed by atoms with E-state index in [0.717, 1.165) is 18.7 Å². The molecule has 0 aliphatic heterocycles. The third-order valence-electron chi connectivity index (χ3n) is 2.61. The minimum absolute atomic E-state index is 0.00372. The van der Waals surface area contributed by atoms with Crippen molar-refractivity contribution < 1.29 is 14.3 Å². The summed E-state index contributed by atoms with van der Waals surface area (Å²) in [6.45, 7) is 6.86. The van der Waals surface area contributed by atoms with Crippen molar-refractivity contribution in [1.82, 2.24) is 10.6 Å². The van der Waals surface area contributed by atoms with Gasteiger partial charge in [-0.25, -0.2) is 4.79 Å². The van der Waals surface area contributed by atoms with Gasteiger partial charge in [0.05, 0.1) is 6.61 Å². The van der Waals surface area contributed by atoms with Crippen molar-refractivity contribution >= 4 is 11.9 Å².